The van der Waals surface area contributed by atoms with Crippen molar-refractivity contribution < 1.29 is 19.0 Å². The first-order valence-corrected chi connectivity index (χ1v) is 9.48. The number of carboxylic acids is 1. The minimum Gasteiger partial charge on any atom is -0.486 e. The molecule has 2 N–H and O–H groups in total. The molecular formula is C23H23FN2O3. The third-order valence-electron chi connectivity index (χ3n) is 4.95. The number of carboxylic acid groups (broad SMARTS) is 1. The molecule has 2 atom stereocenters. The van der Waals surface area contributed by atoms with Gasteiger partial charge in [-0.2, -0.15) is 9.49 Å². The summed E-state index contributed by atoms with van der Waals surface area (Å²) >= 11 is 0. The van der Waals surface area contributed by atoms with E-state index in [0.717, 1.165) is 23.1 Å². The largest absolute Gasteiger partial charge is 0.486 e. The summed E-state index contributed by atoms with van der Waals surface area (Å²) in [4.78, 5) is 11.1. The molecule has 0 amide bonds. The van der Waals surface area contributed by atoms with Crippen molar-refractivity contribution in [2.24, 2.45) is 0 Å². The van der Waals surface area contributed by atoms with Gasteiger partial charge in [-0.3, -0.25) is 9.89 Å². The molecule has 29 heavy (non-hydrogen) atoms. The van der Waals surface area contributed by atoms with Gasteiger partial charge in [-0.15, -0.1) is 5.92 Å². The van der Waals surface area contributed by atoms with Crippen LogP contribution in [-0.4, -0.2) is 21.3 Å². The standard InChI is InChI=1S/C23H23FN2O3/c1-4-6-16(13-21(27)28)15-7-9-17(10-8-15)29-20(5-2)18-11-12-19-22(14(18)3)25-26-23(19)24/h7-12,16,20H,5,13H2,1-3H3,(H,25,26)(H,27,28). The van der Waals surface area contributed by atoms with Crippen molar-refractivity contribution in [2.75, 3.05) is 0 Å². The number of aromatic nitrogens is 2. The van der Waals surface area contributed by atoms with Crippen molar-refractivity contribution in [2.45, 2.75) is 45.6 Å². The maximum atomic E-state index is 13.7. The van der Waals surface area contributed by atoms with Crippen LogP contribution in [0, 0.1) is 24.7 Å². The lowest BCUT2D eigenvalue weighted by atomic mass is 9.96. The Morgan fingerprint density at radius 2 is 2.00 bits per heavy atom. The van der Waals surface area contributed by atoms with E-state index in [9.17, 15) is 9.18 Å². The first-order chi connectivity index (χ1) is 13.9. The fourth-order valence-corrected chi connectivity index (χ4v) is 3.46. The molecule has 1 heterocycles. The summed E-state index contributed by atoms with van der Waals surface area (Å²) in [6.45, 7) is 5.63. The van der Waals surface area contributed by atoms with Crippen molar-refractivity contribution in [3.63, 3.8) is 0 Å². The van der Waals surface area contributed by atoms with Crippen molar-refractivity contribution in [1.82, 2.24) is 10.2 Å². The zero-order valence-electron chi connectivity index (χ0n) is 16.6. The fraction of sp³-hybridized carbons (Fsp3) is 0.304. The van der Waals surface area contributed by atoms with Crippen molar-refractivity contribution >= 4 is 16.9 Å². The summed E-state index contributed by atoms with van der Waals surface area (Å²) in [5, 5.41) is 16.0. The van der Waals surface area contributed by atoms with Crippen LogP contribution in [0.3, 0.4) is 0 Å². The highest BCUT2D eigenvalue weighted by atomic mass is 19.1. The van der Waals surface area contributed by atoms with E-state index in [4.69, 9.17) is 9.84 Å². The number of aromatic amines is 1. The van der Waals surface area contributed by atoms with Crippen molar-refractivity contribution in [1.29, 1.82) is 0 Å². The summed E-state index contributed by atoms with van der Waals surface area (Å²) in [6, 6.07) is 10.9. The smallest absolute Gasteiger partial charge is 0.304 e. The monoisotopic (exact) mass is 394 g/mol. The lowest BCUT2D eigenvalue weighted by Crippen LogP contribution is -2.09. The minimum absolute atomic E-state index is 0.0436. The van der Waals surface area contributed by atoms with E-state index in [2.05, 4.69) is 22.0 Å². The Hall–Kier alpha value is -3.33. The van der Waals surface area contributed by atoms with Gasteiger partial charge < -0.3 is 9.84 Å². The maximum Gasteiger partial charge on any atom is 0.304 e. The summed E-state index contributed by atoms with van der Waals surface area (Å²) in [5.41, 5.74) is 3.28. The average molecular weight is 394 g/mol. The molecule has 1 aromatic heterocycles. The Bertz CT molecular complexity index is 1080. The number of rotatable bonds is 7. The van der Waals surface area contributed by atoms with Crippen molar-refractivity contribution in [3.05, 3.63) is 59.0 Å². The summed E-state index contributed by atoms with van der Waals surface area (Å²) in [7, 11) is 0. The molecule has 0 saturated heterocycles. The Balaban J connectivity index is 1.83. The van der Waals surface area contributed by atoms with Gasteiger partial charge in [-0.25, -0.2) is 0 Å². The number of aryl methyl sites for hydroxylation is 1. The number of carbonyl (C=O) groups is 1. The van der Waals surface area contributed by atoms with Crippen LogP contribution in [0.15, 0.2) is 36.4 Å². The summed E-state index contributed by atoms with van der Waals surface area (Å²) in [6.07, 6.45) is 0.470. The van der Waals surface area contributed by atoms with Gasteiger partial charge in [0, 0.05) is 0 Å². The first kappa shape index (κ1) is 20.4. The number of hydrogen-bond acceptors (Lipinski definition) is 3. The Morgan fingerprint density at radius 3 is 2.62 bits per heavy atom. The van der Waals surface area contributed by atoms with E-state index >= 15 is 0 Å². The van der Waals surface area contributed by atoms with Crippen LogP contribution in [0.1, 0.15) is 55.4 Å². The molecule has 0 spiro atoms. The van der Waals surface area contributed by atoms with Crippen LogP contribution in [0.25, 0.3) is 10.9 Å². The predicted octanol–water partition coefficient (Wildman–Crippen LogP) is 5.12. The lowest BCUT2D eigenvalue weighted by molar-refractivity contribution is -0.137. The highest BCUT2D eigenvalue weighted by Gasteiger charge is 2.19. The van der Waals surface area contributed by atoms with Gasteiger partial charge in [0.25, 0.3) is 0 Å². The van der Waals surface area contributed by atoms with Crippen LogP contribution >= 0.6 is 0 Å². The molecule has 0 aliphatic carbocycles. The molecule has 2 aromatic carbocycles. The molecule has 0 aliphatic rings. The van der Waals surface area contributed by atoms with Crippen LogP contribution in [0.2, 0.25) is 0 Å². The topological polar surface area (TPSA) is 75.2 Å². The Kier molecular flexibility index (Phi) is 6.18. The average Bonchev–Trinajstić information content (AvgIpc) is 3.08. The molecule has 0 bridgehead atoms. The van der Waals surface area contributed by atoms with Crippen molar-refractivity contribution in [3.8, 4) is 17.6 Å². The van der Waals surface area contributed by atoms with Gasteiger partial charge in [-0.1, -0.05) is 31.0 Å². The van der Waals surface area contributed by atoms with Crippen LogP contribution in [-0.2, 0) is 4.79 Å². The SMILES string of the molecule is CC#CC(CC(=O)O)c1ccc(OC(CC)c2ccc3c(F)[nH]nc3c2C)cc1. The molecule has 0 radical (unpaired) electrons. The second-order valence-electron chi connectivity index (χ2n) is 6.84. The van der Waals surface area contributed by atoms with Gasteiger partial charge in [0.05, 0.1) is 23.2 Å². The third kappa shape index (κ3) is 4.40. The van der Waals surface area contributed by atoms with E-state index < -0.39 is 11.9 Å². The van der Waals surface area contributed by atoms with E-state index in [1.165, 1.54) is 0 Å². The Labute approximate surface area is 168 Å². The fourth-order valence-electron chi connectivity index (χ4n) is 3.46. The summed E-state index contributed by atoms with van der Waals surface area (Å²) < 4.78 is 19.9. The number of H-pyrrole nitrogens is 1. The second kappa shape index (κ2) is 8.78. The highest BCUT2D eigenvalue weighted by molar-refractivity contribution is 5.83. The zero-order chi connectivity index (χ0) is 21.0. The number of halogens is 1. The number of fused-ring (bicyclic) bond motifs is 1. The van der Waals surface area contributed by atoms with E-state index in [-0.39, 0.29) is 18.4 Å². The molecule has 0 fully saturated rings. The minimum atomic E-state index is -0.884. The van der Waals surface area contributed by atoms with Crippen LogP contribution in [0.4, 0.5) is 4.39 Å². The predicted molar refractivity (Wildman–Crippen MR) is 109 cm³/mol. The zero-order valence-corrected chi connectivity index (χ0v) is 16.6. The third-order valence-corrected chi connectivity index (χ3v) is 4.95. The number of benzene rings is 2. The van der Waals surface area contributed by atoms with Gasteiger partial charge in [0.2, 0.25) is 5.95 Å². The summed E-state index contributed by atoms with van der Waals surface area (Å²) in [5.74, 6) is 4.73. The molecule has 2 unspecified atom stereocenters. The molecule has 6 heteroatoms. The molecule has 0 saturated carbocycles. The van der Waals surface area contributed by atoms with Gasteiger partial charge in [0.1, 0.15) is 11.9 Å². The number of nitrogens with zero attached hydrogens (tertiary/aromatic N) is 1. The van der Waals surface area contributed by atoms with Gasteiger partial charge in [0.15, 0.2) is 0 Å². The Morgan fingerprint density at radius 1 is 1.28 bits per heavy atom. The molecule has 3 aromatic rings. The molecule has 5 nitrogen and oxygen atoms in total. The number of nitrogens with one attached hydrogen (secondary N) is 1. The maximum absolute atomic E-state index is 13.7. The van der Waals surface area contributed by atoms with Crippen LogP contribution < -0.4 is 4.74 Å². The molecular weight excluding hydrogens is 371 g/mol. The first-order valence-electron chi connectivity index (χ1n) is 9.48. The van der Waals surface area contributed by atoms with E-state index in [0.29, 0.717) is 16.7 Å². The quantitative estimate of drug-likeness (QED) is 0.545. The van der Waals surface area contributed by atoms with E-state index in [1.807, 2.05) is 44.2 Å². The number of aliphatic carboxylic acids is 1. The van der Waals surface area contributed by atoms with E-state index in [1.54, 1.807) is 13.0 Å². The highest BCUT2D eigenvalue weighted by Crippen LogP contribution is 2.32. The second-order valence-corrected chi connectivity index (χ2v) is 6.84. The number of hydrogen-bond donors (Lipinski definition) is 2. The van der Waals surface area contributed by atoms with Crippen LogP contribution in [0.5, 0.6) is 5.75 Å². The number of ether oxygens (including phenoxy) is 1. The molecule has 0 aliphatic heterocycles. The normalized spacial score (nSPS) is 12.8. The lowest BCUT2D eigenvalue weighted by Gasteiger charge is -2.20. The molecule has 150 valence electrons. The van der Waals surface area contributed by atoms with Gasteiger partial charge >= 0.3 is 5.97 Å². The van der Waals surface area contributed by atoms with Gasteiger partial charge in [-0.05, 0) is 55.2 Å². The molecule has 3 rings (SSSR count).